The number of hydrogen-bond acceptors (Lipinski definition) is 2. The van der Waals surface area contributed by atoms with Crippen LogP contribution < -0.4 is 0 Å². The Morgan fingerprint density at radius 3 is 2.56 bits per heavy atom. The van der Waals surface area contributed by atoms with Crippen LogP contribution in [-0.2, 0) is 16.0 Å². The van der Waals surface area contributed by atoms with E-state index < -0.39 is 0 Å². The molecule has 0 aliphatic heterocycles. The summed E-state index contributed by atoms with van der Waals surface area (Å²) < 4.78 is 5.36. The summed E-state index contributed by atoms with van der Waals surface area (Å²) in [5.41, 5.74) is 1.21. The van der Waals surface area contributed by atoms with Crippen molar-refractivity contribution in [1.29, 1.82) is 0 Å². The number of carbonyl (C=O) groups excluding carboxylic acids is 1. The Hall–Kier alpha value is -1.31. The van der Waals surface area contributed by atoms with Crippen molar-refractivity contribution in [2.75, 3.05) is 6.61 Å². The van der Waals surface area contributed by atoms with Gasteiger partial charge in [-0.2, -0.15) is 0 Å². The first kappa shape index (κ1) is 14.7. The number of ether oxygens (including phenoxy) is 1. The summed E-state index contributed by atoms with van der Waals surface area (Å²) in [5.74, 6) is 0.0580. The lowest BCUT2D eigenvalue weighted by Gasteiger charge is -2.13. The molecule has 0 aromatic heterocycles. The highest BCUT2D eigenvalue weighted by molar-refractivity contribution is 5.72. The number of rotatable bonds is 8. The molecule has 100 valence electrons. The van der Waals surface area contributed by atoms with Gasteiger partial charge in [0.15, 0.2) is 0 Å². The van der Waals surface area contributed by atoms with Crippen molar-refractivity contribution in [2.24, 2.45) is 5.92 Å². The second kappa shape index (κ2) is 8.73. The van der Waals surface area contributed by atoms with Gasteiger partial charge < -0.3 is 4.74 Å². The van der Waals surface area contributed by atoms with Gasteiger partial charge in [-0.3, -0.25) is 4.79 Å². The second-order valence-corrected chi connectivity index (χ2v) is 4.65. The molecule has 18 heavy (non-hydrogen) atoms. The number of unbranched alkanes of at least 4 members (excludes halogenated alkanes) is 1. The van der Waals surface area contributed by atoms with Crippen molar-refractivity contribution in [2.45, 2.75) is 46.0 Å². The van der Waals surface area contributed by atoms with E-state index in [1.54, 1.807) is 0 Å². The quantitative estimate of drug-likeness (QED) is 0.650. The minimum Gasteiger partial charge on any atom is -0.465 e. The summed E-state index contributed by atoms with van der Waals surface area (Å²) >= 11 is 0. The molecule has 0 heterocycles. The molecule has 0 saturated carbocycles. The Kier molecular flexibility index (Phi) is 7.16. The molecule has 0 N–H and O–H groups in total. The van der Waals surface area contributed by atoms with E-state index in [1.807, 2.05) is 18.2 Å². The molecule has 0 fully saturated rings. The summed E-state index contributed by atoms with van der Waals surface area (Å²) in [4.78, 5) is 11.8. The predicted molar refractivity (Wildman–Crippen MR) is 74.4 cm³/mol. The lowest BCUT2D eigenvalue weighted by molar-refractivity contribution is -0.148. The zero-order valence-corrected chi connectivity index (χ0v) is 11.5. The maximum atomic E-state index is 11.8. The van der Waals surface area contributed by atoms with Crippen LogP contribution in [0.4, 0.5) is 0 Å². The Morgan fingerprint density at radius 2 is 1.94 bits per heavy atom. The molecule has 1 rings (SSSR count). The van der Waals surface area contributed by atoms with Gasteiger partial charge in [0.1, 0.15) is 0 Å². The Labute approximate surface area is 110 Å². The van der Waals surface area contributed by atoms with E-state index >= 15 is 0 Å². The molecule has 2 heteroatoms. The molecule has 0 aliphatic rings. The maximum Gasteiger partial charge on any atom is 0.308 e. The van der Waals surface area contributed by atoms with Gasteiger partial charge in [0.05, 0.1) is 12.5 Å². The van der Waals surface area contributed by atoms with Crippen molar-refractivity contribution in [1.82, 2.24) is 0 Å². The van der Waals surface area contributed by atoms with Gasteiger partial charge in [-0.25, -0.2) is 0 Å². The summed E-state index contributed by atoms with van der Waals surface area (Å²) in [5, 5.41) is 0. The van der Waals surface area contributed by atoms with Crippen molar-refractivity contribution < 1.29 is 9.53 Å². The van der Waals surface area contributed by atoms with E-state index in [2.05, 4.69) is 26.0 Å². The van der Waals surface area contributed by atoms with Crippen LogP contribution in [0.3, 0.4) is 0 Å². The van der Waals surface area contributed by atoms with E-state index in [1.165, 1.54) is 5.56 Å². The van der Waals surface area contributed by atoms with E-state index in [4.69, 9.17) is 4.74 Å². The Bertz CT molecular complexity index is 332. The fourth-order valence-electron chi connectivity index (χ4n) is 1.97. The lowest BCUT2D eigenvalue weighted by atomic mass is 10.00. The van der Waals surface area contributed by atoms with Crippen LogP contribution in [0, 0.1) is 5.92 Å². The molecule has 0 spiro atoms. The SMILES string of the molecule is CCCCC(CC)C(=O)OCCc1ccccc1. The first-order chi connectivity index (χ1) is 8.77. The fraction of sp³-hybridized carbons (Fsp3) is 0.562. The Morgan fingerprint density at radius 1 is 1.22 bits per heavy atom. The third-order valence-corrected chi connectivity index (χ3v) is 3.21. The van der Waals surface area contributed by atoms with Crippen LogP contribution >= 0.6 is 0 Å². The standard InChI is InChI=1S/C16H24O2/c1-3-5-11-15(4-2)16(17)18-13-12-14-9-7-6-8-10-14/h6-10,15H,3-5,11-13H2,1-2H3. The number of hydrogen-bond donors (Lipinski definition) is 0. The zero-order valence-electron chi connectivity index (χ0n) is 11.5. The number of esters is 1. The van der Waals surface area contributed by atoms with E-state index in [0.717, 1.165) is 32.1 Å². The Balaban J connectivity index is 2.27. The minimum absolute atomic E-state index is 0.0260. The van der Waals surface area contributed by atoms with Crippen molar-refractivity contribution in [3.05, 3.63) is 35.9 Å². The average Bonchev–Trinajstić information content (AvgIpc) is 2.41. The van der Waals surface area contributed by atoms with Gasteiger partial charge in [-0.15, -0.1) is 0 Å². The first-order valence-electron chi connectivity index (χ1n) is 6.98. The molecule has 0 radical (unpaired) electrons. The normalized spacial score (nSPS) is 12.1. The average molecular weight is 248 g/mol. The molecule has 1 aromatic carbocycles. The summed E-state index contributed by atoms with van der Waals surface area (Å²) in [6.45, 7) is 4.69. The van der Waals surface area contributed by atoms with Gasteiger partial charge in [0.25, 0.3) is 0 Å². The molecule has 0 bridgehead atoms. The molecule has 0 amide bonds. The summed E-state index contributed by atoms with van der Waals surface area (Å²) in [6.07, 6.45) is 4.87. The number of carbonyl (C=O) groups is 1. The molecular weight excluding hydrogens is 224 g/mol. The maximum absolute atomic E-state index is 11.8. The van der Waals surface area contributed by atoms with Crippen LogP contribution in [0.5, 0.6) is 0 Å². The third-order valence-electron chi connectivity index (χ3n) is 3.21. The largest absolute Gasteiger partial charge is 0.465 e. The van der Waals surface area contributed by atoms with Crippen LogP contribution in [0.15, 0.2) is 30.3 Å². The summed E-state index contributed by atoms with van der Waals surface area (Å²) in [7, 11) is 0. The highest BCUT2D eigenvalue weighted by Gasteiger charge is 2.16. The van der Waals surface area contributed by atoms with Gasteiger partial charge in [0, 0.05) is 6.42 Å². The van der Waals surface area contributed by atoms with Gasteiger partial charge in [0.2, 0.25) is 0 Å². The third kappa shape index (κ3) is 5.35. The molecule has 0 aliphatic carbocycles. The van der Waals surface area contributed by atoms with Gasteiger partial charge in [-0.05, 0) is 18.4 Å². The van der Waals surface area contributed by atoms with Crippen molar-refractivity contribution in [3.8, 4) is 0 Å². The predicted octanol–water partition coefficient (Wildman–Crippen LogP) is 3.99. The molecule has 2 nitrogen and oxygen atoms in total. The molecule has 1 aromatic rings. The topological polar surface area (TPSA) is 26.3 Å². The van der Waals surface area contributed by atoms with Crippen LogP contribution in [0.25, 0.3) is 0 Å². The van der Waals surface area contributed by atoms with Crippen LogP contribution in [0.2, 0.25) is 0 Å². The fourth-order valence-corrected chi connectivity index (χ4v) is 1.97. The minimum atomic E-state index is -0.0260. The monoisotopic (exact) mass is 248 g/mol. The second-order valence-electron chi connectivity index (χ2n) is 4.65. The highest BCUT2D eigenvalue weighted by atomic mass is 16.5. The van der Waals surface area contributed by atoms with Gasteiger partial charge in [-0.1, -0.05) is 57.0 Å². The van der Waals surface area contributed by atoms with Gasteiger partial charge >= 0.3 is 5.97 Å². The van der Waals surface area contributed by atoms with Crippen LogP contribution in [0.1, 0.15) is 45.1 Å². The molecule has 1 unspecified atom stereocenters. The molecule has 1 atom stereocenters. The van der Waals surface area contributed by atoms with E-state index in [9.17, 15) is 4.79 Å². The summed E-state index contributed by atoms with van der Waals surface area (Å²) in [6, 6.07) is 10.1. The zero-order chi connectivity index (χ0) is 13.2. The molecule has 0 saturated heterocycles. The van der Waals surface area contributed by atoms with Crippen LogP contribution in [-0.4, -0.2) is 12.6 Å². The lowest BCUT2D eigenvalue weighted by Crippen LogP contribution is -2.18. The van der Waals surface area contributed by atoms with Crippen molar-refractivity contribution >= 4 is 5.97 Å². The van der Waals surface area contributed by atoms with E-state index in [-0.39, 0.29) is 11.9 Å². The van der Waals surface area contributed by atoms with Crippen molar-refractivity contribution in [3.63, 3.8) is 0 Å². The first-order valence-corrected chi connectivity index (χ1v) is 6.98. The van der Waals surface area contributed by atoms with E-state index in [0.29, 0.717) is 6.61 Å². The number of benzene rings is 1. The highest BCUT2D eigenvalue weighted by Crippen LogP contribution is 2.14. The molecular formula is C16H24O2. The smallest absolute Gasteiger partial charge is 0.308 e.